The highest BCUT2D eigenvalue weighted by atomic mass is 19.1. The normalized spacial score (nSPS) is 13.4. The molecule has 0 saturated heterocycles. The number of benzene rings is 2. The van der Waals surface area contributed by atoms with Gasteiger partial charge in [0.15, 0.2) is 11.6 Å². The van der Waals surface area contributed by atoms with E-state index in [0.29, 0.717) is 11.7 Å². The maximum absolute atomic E-state index is 14.1. The second kappa shape index (κ2) is 8.00. The van der Waals surface area contributed by atoms with E-state index in [0.717, 1.165) is 24.2 Å². The van der Waals surface area contributed by atoms with Crippen molar-refractivity contribution in [1.82, 2.24) is 0 Å². The third kappa shape index (κ3) is 3.84. The fourth-order valence-electron chi connectivity index (χ4n) is 3.27. The molecule has 0 saturated carbocycles. The Bertz CT molecular complexity index is 622. The van der Waals surface area contributed by atoms with Gasteiger partial charge in [-0.1, -0.05) is 32.0 Å². The van der Waals surface area contributed by atoms with Crippen molar-refractivity contribution in [2.45, 2.75) is 38.5 Å². The first-order valence-electron chi connectivity index (χ1n) is 8.11. The van der Waals surface area contributed by atoms with E-state index in [2.05, 4.69) is 26.0 Å². The van der Waals surface area contributed by atoms with Crippen LogP contribution in [0.15, 0.2) is 42.5 Å². The van der Waals surface area contributed by atoms with Crippen LogP contribution < -0.4 is 9.47 Å². The fraction of sp³-hybridized carbons (Fsp3) is 0.400. The molecule has 2 aromatic carbocycles. The van der Waals surface area contributed by atoms with Gasteiger partial charge in [-0.2, -0.15) is 0 Å². The molecule has 2 aromatic rings. The largest absolute Gasteiger partial charge is 0.497 e. The summed E-state index contributed by atoms with van der Waals surface area (Å²) in [5.74, 6) is 1.47. The molecule has 0 amide bonds. The van der Waals surface area contributed by atoms with Gasteiger partial charge in [-0.25, -0.2) is 4.39 Å². The van der Waals surface area contributed by atoms with Crippen LogP contribution in [0.4, 0.5) is 4.39 Å². The third-order valence-corrected chi connectivity index (χ3v) is 4.51. The molecule has 3 heteroatoms. The lowest BCUT2D eigenvalue weighted by Crippen LogP contribution is -2.11. The molecule has 0 aliphatic carbocycles. The van der Waals surface area contributed by atoms with Crippen LogP contribution in [0.3, 0.4) is 0 Å². The number of hydrogen-bond acceptors (Lipinski definition) is 2. The van der Waals surface area contributed by atoms with E-state index in [4.69, 9.17) is 9.47 Å². The summed E-state index contributed by atoms with van der Waals surface area (Å²) < 4.78 is 24.3. The Morgan fingerprint density at radius 3 is 1.87 bits per heavy atom. The highest BCUT2D eigenvalue weighted by molar-refractivity contribution is 5.36. The van der Waals surface area contributed by atoms with Crippen LogP contribution in [0.1, 0.15) is 49.7 Å². The molecule has 0 radical (unpaired) electrons. The molecule has 0 unspecified atom stereocenters. The van der Waals surface area contributed by atoms with Crippen molar-refractivity contribution in [2.24, 2.45) is 0 Å². The van der Waals surface area contributed by atoms with Crippen molar-refractivity contribution in [2.75, 3.05) is 14.2 Å². The zero-order chi connectivity index (χ0) is 16.8. The van der Waals surface area contributed by atoms with E-state index in [-0.39, 0.29) is 11.7 Å². The zero-order valence-corrected chi connectivity index (χ0v) is 14.3. The van der Waals surface area contributed by atoms with Gasteiger partial charge in [-0.15, -0.1) is 0 Å². The standard InChI is InChI=1S/C20H25FO2/c1-5-17(14-7-10-16(22-3)11-8-14)18(6-2)15-9-12-20(23-4)19(21)13-15/h7-13,17-18H,5-6H2,1-4H3/t17-,18+/m1/s1. The summed E-state index contributed by atoms with van der Waals surface area (Å²) >= 11 is 0. The monoisotopic (exact) mass is 316 g/mol. The summed E-state index contributed by atoms with van der Waals surface area (Å²) in [4.78, 5) is 0. The highest BCUT2D eigenvalue weighted by Gasteiger charge is 2.23. The van der Waals surface area contributed by atoms with Crippen LogP contribution in [0, 0.1) is 5.82 Å². The molecule has 2 atom stereocenters. The van der Waals surface area contributed by atoms with Crippen LogP contribution in [-0.4, -0.2) is 14.2 Å². The van der Waals surface area contributed by atoms with E-state index >= 15 is 0 Å². The van der Waals surface area contributed by atoms with E-state index < -0.39 is 0 Å². The molecule has 0 fully saturated rings. The lowest BCUT2D eigenvalue weighted by molar-refractivity contribution is 0.385. The summed E-state index contributed by atoms with van der Waals surface area (Å²) in [6.07, 6.45) is 1.95. The maximum atomic E-state index is 14.1. The lowest BCUT2D eigenvalue weighted by atomic mass is 9.78. The van der Waals surface area contributed by atoms with Crippen LogP contribution in [0.5, 0.6) is 11.5 Å². The number of hydrogen-bond donors (Lipinski definition) is 0. The van der Waals surface area contributed by atoms with Crippen molar-refractivity contribution in [3.63, 3.8) is 0 Å². The zero-order valence-electron chi connectivity index (χ0n) is 14.3. The minimum absolute atomic E-state index is 0.272. The minimum atomic E-state index is -0.298. The molecule has 0 heterocycles. The van der Waals surface area contributed by atoms with Gasteiger partial charge in [0.2, 0.25) is 0 Å². The summed E-state index contributed by atoms with van der Waals surface area (Å²) in [6.45, 7) is 4.33. The summed E-state index contributed by atoms with van der Waals surface area (Å²) in [7, 11) is 3.16. The summed E-state index contributed by atoms with van der Waals surface area (Å²) in [5.41, 5.74) is 2.28. The van der Waals surface area contributed by atoms with E-state index in [1.165, 1.54) is 12.7 Å². The highest BCUT2D eigenvalue weighted by Crippen LogP contribution is 2.39. The lowest BCUT2D eigenvalue weighted by Gasteiger charge is -2.26. The van der Waals surface area contributed by atoms with Gasteiger partial charge in [0.1, 0.15) is 5.75 Å². The molecule has 0 bridgehead atoms. The van der Waals surface area contributed by atoms with Gasteiger partial charge in [0.05, 0.1) is 14.2 Å². The Labute approximate surface area is 138 Å². The quantitative estimate of drug-likeness (QED) is 0.668. The van der Waals surface area contributed by atoms with E-state index in [9.17, 15) is 4.39 Å². The molecule has 0 aliphatic rings. The van der Waals surface area contributed by atoms with Crippen LogP contribution in [0.25, 0.3) is 0 Å². The van der Waals surface area contributed by atoms with Gasteiger partial charge in [-0.3, -0.25) is 0 Å². The van der Waals surface area contributed by atoms with Gasteiger partial charge in [-0.05, 0) is 60.1 Å². The summed E-state index contributed by atoms with van der Waals surface area (Å²) in [5, 5.41) is 0. The Kier molecular flexibility index (Phi) is 6.03. The Morgan fingerprint density at radius 2 is 1.39 bits per heavy atom. The minimum Gasteiger partial charge on any atom is -0.497 e. The Hall–Kier alpha value is -2.03. The van der Waals surface area contributed by atoms with Crippen molar-refractivity contribution in [1.29, 1.82) is 0 Å². The number of rotatable bonds is 7. The smallest absolute Gasteiger partial charge is 0.165 e. The molecule has 0 aromatic heterocycles. The molecule has 2 rings (SSSR count). The van der Waals surface area contributed by atoms with Crippen molar-refractivity contribution in [3.8, 4) is 11.5 Å². The molecular formula is C20H25FO2. The number of methoxy groups -OCH3 is 2. The van der Waals surface area contributed by atoms with Gasteiger partial charge in [0, 0.05) is 0 Å². The molecule has 2 nitrogen and oxygen atoms in total. The first-order valence-corrected chi connectivity index (χ1v) is 8.11. The molecule has 0 aliphatic heterocycles. The van der Waals surface area contributed by atoms with Crippen LogP contribution in [0.2, 0.25) is 0 Å². The van der Waals surface area contributed by atoms with Gasteiger partial charge >= 0.3 is 0 Å². The topological polar surface area (TPSA) is 18.5 Å². The Balaban J connectivity index is 2.34. The molecule has 0 spiro atoms. The van der Waals surface area contributed by atoms with Crippen molar-refractivity contribution >= 4 is 0 Å². The average molecular weight is 316 g/mol. The van der Waals surface area contributed by atoms with Gasteiger partial charge < -0.3 is 9.47 Å². The number of ether oxygens (including phenoxy) is 2. The fourth-order valence-corrected chi connectivity index (χ4v) is 3.27. The maximum Gasteiger partial charge on any atom is 0.165 e. The predicted octanol–water partition coefficient (Wildman–Crippen LogP) is 5.53. The molecule has 23 heavy (non-hydrogen) atoms. The summed E-state index contributed by atoms with van der Waals surface area (Å²) in [6, 6.07) is 13.5. The van der Waals surface area contributed by atoms with Crippen LogP contribution in [-0.2, 0) is 0 Å². The SMILES string of the molecule is CC[C@H](c1ccc(OC)cc1)[C@@H](CC)c1ccc(OC)c(F)c1. The number of halogens is 1. The van der Waals surface area contributed by atoms with Crippen LogP contribution >= 0.6 is 0 Å². The molecular weight excluding hydrogens is 291 g/mol. The predicted molar refractivity (Wildman–Crippen MR) is 92.0 cm³/mol. The van der Waals surface area contributed by atoms with Crippen molar-refractivity contribution < 1.29 is 13.9 Å². The van der Waals surface area contributed by atoms with Gasteiger partial charge in [0.25, 0.3) is 0 Å². The first kappa shape index (κ1) is 17.3. The Morgan fingerprint density at radius 1 is 0.826 bits per heavy atom. The second-order valence-corrected chi connectivity index (χ2v) is 5.70. The second-order valence-electron chi connectivity index (χ2n) is 5.70. The van der Waals surface area contributed by atoms with E-state index in [1.807, 2.05) is 18.2 Å². The average Bonchev–Trinajstić information content (AvgIpc) is 2.59. The molecule has 0 N–H and O–H groups in total. The van der Waals surface area contributed by atoms with E-state index in [1.54, 1.807) is 19.2 Å². The third-order valence-electron chi connectivity index (χ3n) is 4.51. The molecule has 124 valence electrons. The first-order chi connectivity index (χ1) is 11.1. The van der Waals surface area contributed by atoms with Crippen molar-refractivity contribution in [3.05, 3.63) is 59.4 Å².